The molecule has 2 N–H and O–H groups in total. The molecule has 1 fully saturated rings. The Morgan fingerprint density at radius 1 is 1.12 bits per heavy atom. The summed E-state index contributed by atoms with van der Waals surface area (Å²) >= 11 is 0. The lowest BCUT2D eigenvalue weighted by atomic mass is 9.71. The normalized spacial score (nSPS) is 22.9. The molecule has 102 valence electrons. The molecule has 1 saturated carbocycles. The van der Waals surface area contributed by atoms with Crippen LogP contribution < -0.4 is 5.32 Å². The van der Waals surface area contributed by atoms with Crippen LogP contribution in [0.5, 0.6) is 0 Å². The number of methoxy groups -OCH3 is 2. The molecular formula is C13H27NO3. The largest absolute Gasteiger partial charge is 0.389 e. The summed E-state index contributed by atoms with van der Waals surface area (Å²) in [5.41, 5.74) is -0.171. The highest BCUT2D eigenvalue weighted by molar-refractivity contribution is 4.90. The van der Waals surface area contributed by atoms with Gasteiger partial charge in [0, 0.05) is 27.3 Å². The molecule has 1 aliphatic carbocycles. The Balaban J connectivity index is 2.27. The highest BCUT2D eigenvalue weighted by atomic mass is 16.7. The lowest BCUT2D eigenvalue weighted by Gasteiger charge is -2.40. The van der Waals surface area contributed by atoms with Crippen molar-refractivity contribution < 1.29 is 14.6 Å². The van der Waals surface area contributed by atoms with E-state index in [1.54, 1.807) is 14.2 Å². The molecule has 1 aliphatic rings. The standard InChI is InChI=1S/C13H27NO3/c1-12(2)5-7-13(15,8-6-12)10-14-9-11(16-3)17-4/h11,14-15H,5-10H2,1-4H3. The van der Waals surface area contributed by atoms with Crippen molar-refractivity contribution in [3.05, 3.63) is 0 Å². The van der Waals surface area contributed by atoms with Crippen LogP contribution in [0, 0.1) is 5.41 Å². The first-order valence-electron chi connectivity index (χ1n) is 6.39. The fourth-order valence-electron chi connectivity index (χ4n) is 2.25. The van der Waals surface area contributed by atoms with Gasteiger partial charge in [-0.3, -0.25) is 0 Å². The Hall–Kier alpha value is -0.160. The van der Waals surface area contributed by atoms with Crippen LogP contribution in [0.4, 0.5) is 0 Å². The molecule has 1 rings (SSSR count). The average Bonchev–Trinajstić information content (AvgIpc) is 2.30. The minimum absolute atomic E-state index is 0.237. The van der Waals surface area contributed by atoms with Crippen LogP contribution in [0.15, 0.2) is 0 Å². The van der Waals surface area contributed by atoms with Gasteiger partial charge in [-0.2, -0.15) is 0 Å². The van der Waals surface area contributed by atoms with Crippen molar-refractivity contribution in [2.45, 2.75) is 51.4 Å². The number of ether oxygens (including phenoxy) is 2. The molecular weight excluding hydrogens is 218 g/mol. The highest BCUT2D eigenvalue weighted by Gasteiger charge is 2.36. The van der Waals surface area contributed by atoms with Gasteiger partial charge in [-0.15, -0.1) is 0 Å². The van der Waals surface area contributed by atoms with Crippen molar-refractivity contribution >= 4 is 0 Å². The molecule has 4 heteroatoms. The van der Waals surface area contributed by atoms with E-state index in [9.17, 15) is 5.11 Å². The molecule has 0 amide bonds. The van der Waals surface area contributed by atoms with E-state index in [0.29, 0.717) is 18.5 Å². The second-order valence-electron chi connectivity index (χ2n) is 5.92. The lowest BCUT2D eigenvalue weighted by Crippen LogP contribution is -2.46. The maximum Gasteiger partial charge on any atom is 0.169 e. The maximum absolute atomic E-state index is 10.4. The Morgan fingerprint density at radius 3 is 2.12 bits per heavy atom. The third-order valence-corrected chi connectivity index (χ3v) is 3.83. The summed E-state index contributed by atoms with van der Waals surface area (Å²) in [5, 5.41) is 13.6. The molecule has 0 radical (unpaired) electrons. The zero-order valence-corrected chi connectivity index (χ0v) is 11.6. The summed E-state index contributed by atoms with van der Waals surface area (Å²) in [7, 11) is 3.24. The zero-order valence-electron chi connectivity index (χ0n) is 11.6. The molecule has 0 saturated heterocycles. The third-order valence-electron chi connectivity index (χ3n) is 3.83. The minimum atomic E-state index is -0.554. The predicted octanol–water partition coefficient (Wildman–Crippen LogP) is 1.53. The molecule has 0 aromatic heterocycles. The monoisotopic (exact) mass is 245 g/mol. The molecule has 0 heterocycles. The van der Waals surface area contributed by atoms with Crippen molar-refractivity contribution in [1.29, 1.82) is 0 Å². The summed E-state index contributed by atoms with van der Waals surface area (Å²) in [4.78, 5) is 0. The molecule has 0 spiro atoms. The number of aliphatic hydroxyl groups is 1. The van der Waals surface area contributed by atoms with Gasteiger partial charge in [-0.1, -0.05) is 13.8 Å². The van der Waals surface area contributed by atoms with E-state index >= 15 is 0 Å². The fourth-order valence-corrected chi connectivity index (χ4v) is 2.25. The Labute approximate surface area is 105 Å². The first kappa shape index (κ1) is 14.9. The van der Waals surface area contributed by atoms with E-state index in [2.05, 4.69) is 19.2 Å². The smallest absolute Gasteiger partial charge is 0.169 e. The maximum atomic E-state index is 10.4. The van der Waals surface area contributed by atoms with Gasteiger partial charge in [-0.25, -0.2) is 0 Å². The van der Waals surface area contributed by atoms with Crippen molar-refractivity contribution in [2.24, 2.45) is 5.41 Å². The summed E-state index contributed by atoms with van der Waals surface area (Å²) in [6.45, 7) is 5.77. The molecule has 4 nitrogen and oxygen atoms in total. The van der Waals surface area contributed by atoms with Crippen molar-refractivity contribution in [3.8, 4) is 0 Å². The second kappa shape index (κ2) is 6.14. The summed E-state index contributed by atoms with van der Waals surface area (Å²) < 4.78 is 10.2. The zero-order chi connectivity index (χ0) is 12.9. The molecule has 0 unspecified atom stereocenters. The van der Waals surface area contributed by atoms with E-state index in [-0.39, 0.29) is 6.29 Å². The molecule has 17 heavy (non-hydrogen) atoms. The SMILES string of the molecule is COC(CNCC1(O)CCC(C)(C)CC1)OC. The Kier molecular flexibility index (Phi) is 5.38. The van der Waals surface area contributed by atoms with Gasteiger partial charge < -0.3 is 19.9 Å². The lowest BCUT2D eigenvalue weighted by molar-refractivity contribution is -0.102. The van der Waals surface area contributed by atoms with Crippen LogP contribution in [0.1, 0.15) is 39.5 Å². The van der Waals surface area contributed by atoms with E-state index in [0.717, 1.165) is 25.7 Å². The van der Waals surface area contributed by atoms with Crippen LogP contribution >= 0.6 is 0 Å². The average molecular weight is 245 g/mol. The van der Waals surface area contributed by atoms with Crippen LogP contribution in [0.25, 0.3) is 0 Å². The molecule has 0 bridgehead atoms. The van der Waals surface area contributed by atoms with E-state index in [1.807, 2.05) is 0 Å². The predicted molar refractivity (Wildman–Crippen MR) is 67.9 cm³/mol. The first-order chi connectivity index (χ1) is 7.91. The number of hydrogen-bond donors (Lipinski definition) is 2. The topological polar surface area (TPSA) is 50.7 Å². The Bertz CT molecular complexity index is 217. The minimum Gasteiger partial charge on any atom is -0.389 e. The van der Waals surface area contributed by atoms with Crippen molar-refractivity contribution in [2.75, 3.05) is 27.3 Å². The van der Waals surface area contributed by atoms with E-state index in [1.165, 1.54) is 0 Å². The van der Waals surface area contributed by atoms with Gasteiger partial charge in [0.25, 0.3) is 0 Å². The van der Waals surface area contributed by atoms with Crippen LogP contribution in [0.2, 0.25) is 0 Å². The molecule has 0 aromatic rings. The Morgan fingerprint density at radius 2 is 1.65 bits per heavy atom. The summed E-state index contributed by atoms with van der Waals surface area (Å²) in [6, 6.07) is 0. The quantitative estimate of drug-likeness (QED) is 0.697. The van der Waals surface area contributed by atoms with Crippen LogP contribution in [0.3, 0.4) is 0 Å². The number of nitrogens with one attached hydrogen (secondary N) is 1. The van der Waals surface area contributed by atoms with Gasteiger partial charge in [0.2, 0.25) is 0 Å². The van der Waals surface area contributed by atoms with Gasteiger partial charge in [0.15, 0.2) is 6.29 Å². The fraction of sp³-hybridized carbons (Fsp3) is 1.00. The third kappa shape index (κ3) is 4.92. The van der Waals surface area contributed by atoms with Crippen molar-refractivity contribution in [1.82, 2.24) is 5.32 Å². The van der Waals surface area contributed by atoms with Gasteiger partial charge in [-0.05, 0) is 31.1 Å². The van der Waals surface area contributed by atoms with E-state index in [4.69, 9.17) is 9.47 Å². The number of rotatable bonds is 6. The molecule has 0 aromatic carbocycles. The van der Waals surface area contributed by atoms with Crippen LogP contribution in [-0.2, 0) is 9.47 Å². The van der Waals surface area contributed by atoms with Crippen LogP contribution in [-0.4, -0.2) is 44.3 Å². The first-order valence-corrected chi connectivity index (χ1v) is 6.39. The van der Waals surface area contributed by atoms with E-state index < -0.39 is 5.60 Å². The molecule has 0 atom stereocenters. The van der Waals surface area contributed by atoms with Crippen molar-refractivity contribution in [3.63, 3.8) is 0 Å². The van der Waals surface area contributed by atoms with Gasteiger partial charge in [0.05, 0.1) is 5.60 Å². The van der Waals surface area contributed by atoms with Gasteiger partial charge >= 0.3 is 0 Å². The number of hydrogen-bond acceptors (Lipinski definition) is 4. The summed E-state index contributed by atoms with van der Waals surface area (Å²) in [5.74, 6) is 0. The second-order valence-corrected chi connectivity index (χ2v) is 5.92. The summed E-state index contributed by atoms with van der Waals surface area (Å²) in [6.07, 6.45) is 3.68. The van der Waals surface area contributed by atoms with Gasteiger partial charge in [0.1, 0.15) is 0 Å². The highest BCUT2D eigenvalue weighted by Crippen LogP contribution is 2.39. The molecule has 0 aliphatic heterocycles.